The maximum Gasteiger partial charge on any atom is 0.334 e. The molecule has 1 aliphatic rings. The van der Waals surface area contributed by atoms with Crippen molar-refractivity contribution in [3.63, 3.8) is 0 Å². The van der Waals surface area contributed by atoms with E-state index in [4.69, 9.17) is 9.84 Å². The molecule has 2 amide bonds. The Morgan fingerprint density at radius 2 is 2.16 bits per heavy atom. The monoisotopic (exact) mass is 294 g/mol. The molecule has 1 atom stereocenters. The van der Waals surface area contributed by atoms with Crippen LogP contribution in [0, 0.1) is 0 Å². The van der Waals surface area contributed by atoms with E-state index >= 15 is 0 Å². The van der Waals surface area contributed by atoms with E-state index in [2.05, 4.69) is 5.32 Å². The topological polar surface area (TPSA) is 113 Å². The molecule has 0 spiro atoms. The van der Waals surface area contributed by atoms with Gasteiger partial charge in [0.25, 0.3) is 0 Å². The van der Waals surface area contributed by atoms with Crippen LogP contribution in [0.1, 0.15) is 6.92 Å². The smallest absolute Gasteiger partial charge is 0.334 e. The third kappa shape index (κ3) is 5.03. The summed E-state index contributed by atoms with van der Waals surface area (Å²) < 4.78 is 27.5. The molecule has 0 saturated carbocycles. The quantitative estimate of drug-likeness (QED) is 0.666. The van der Waals surface area contributed by atoms with Gasteiger partial charge in [-0.2, -0.15) is 0 Å². The van der Waals surface area contributed by atoms with Crippen LogP contribution in [0.15, 0.2) is 0 Å². The number of aliphatic carboxylic acids is 1. The fraction of sp³-hybridized carbons (Fsp3) is 0.800. The highest BCUT2D eigenvalue weighted by Crippen LogP contribution is 2.05. The number of carboxylic acids is 1. The third-order valence-electron chi connectivity index (χ3n) is 2.76. The van der Waals surface area contributed by atoms with Gasteiger partial charge in [0.05, 0.1) is 18.9 Å². The highest BCUT2D eigenvalue weighted by molar-refractivity contribution is 7.91. The number of hydrogen-bond donors (Lipinski definition) is 2. The Kier molecular flexibility index (Phi) is 5.55. The molecule has 110 valence electrons. The van der Waals surface area contributed by atoms with Gasteiger partial charge in [-0.05, 0) is 0 Å². The predicted molar refractivity (Wildman–Crippen MR) is 66.7 cm³/mol. The number of sulfone groups is 1. The zero-order valence-corrected chi connectivity index (χ0v) is 11.5. The highest BCUT2D eigenvalue weighted by atomic mass is 32.2. The minimum absolute atomic E-state index is 0.0180. The minimum atomic E-state index is -3.12. The van der Waals surface area contributed by atoms with E-state index in [-0.39, 0.29) is 37.7 Å². The van der Waals surface area contributed by atoms with Gasteiger partial charge in [0.2, 0.25) is 0 Å². The maximum atomic E-state index is 11.7. The zero-order valence-electron chi connectivity index (χ0n) is 10.7. The van der Waals surface area contributed by atoms with Gasteiger partial charge in [0.1, 0.15) is 0 Å². The van der Waals surface area contributed by atoms with Gasteiger partial charge in [-0.15, -0.1) is 0 Å². The Morgan fingerprint density at radius 3 is 2.74 bits per heavy atom. The van der Waals surface area contributed by atoms with Gasteiger partial charge < -0.3 is 20.1 Å². The summed E-state index contributed by atoms with van der Waals surface area (Å²) in [7, 11) is -3.12. The van der Waals surface area contributed by atoms with Crippen LogP contribution in [-0.4, -0.2) is 74.3 Å². The van der Waals surface area contributed by atoms with Crippen molar-refractivity contribution in [1.29, 1.82) is 0 Å². The van der Waals surface area contributed by atoms with E-state index in [0.717, 1.165) is 0 Å². The molecule has 19 heavy (non-hydrogen) atoms. The number of nitrogens with zero attached hydrogens (tertiary/aromatic N) is 1. The number of carbonyl (C=O) groups excluding carboxylic acids is 1. The predicted octanol–water partition coefficient (Wildman–Crippen LogP) is -1.08. The van der Waals surface area contributed by atoms with Crippen molar-refractivity contribution < 1.29 is 27.9 Å². The fourth-order valence-corrected chi connectivity index (χ4v) is 2.25. The summed E-state index contributed by atoms with van der Waals surface area (Å²) in [5.74, 6) is -1.21. The van der Waals surface area contributed by atoms with Crippen molar-refractivity contribution in [2.45, 2.75) is 13.0 Å². The Bertz CT molecular complexity index is 435. The third-order valence-corrected chi connectivity index (χ3v) is 4.46. The SMILES string of the molecule is CCS(=O)(=O)CCNC(=O)N1CCOC(C(=O)O)C1. The molecule has 0 aliphatic carbocycles. The zero-order chi connectivity index (χ0) is 14.5. The van der Waals surface area contributed by atoms with Crippen LogP contribution in [0.25, 0.3) is 0 Å². The average Bonchev–Trinajstić information content (AvgIpc) is 2.38. The Hall–Kier alpha value is -1.35. The summed E-state index contributed by atoms with van der Waals surface area (Å²) in [6.45, 7) is 1.95. The van der Waals surface area contributed by atoms with Crippen LogP contribution in [0.4, 0.5) is 4.79 Å². The van der Waals surface area contributed by atoms with Gasteiger partial charge >= 0.3 is 12.0 Å². The number of ether oxygens (including phenoxy) is 1. The van der Waals surface area contributed by atoms with E-state index in [1.807, 2.05) is 0 Å². The maximum absolute atomic E-state index is 11.7. The summed E-state index contributed by atoms with van der Waals surface area (Å²) in [4.78, 5) is 23.8. The lowest BCUT2D eigenvalue weighted by molar-refractivity contribution is -0.154. The van der Waals surface area contributed by atoms with E-state index in [1.165, 1.54) is 11.8 Å². The molecule has 1 fully saturated rings. The fourth-order valence-electron chi connectivity index (χ4n) is 1.55. The summed E-state index contributed by atoms with van der Waals surface area (Å²) in [5.41, 5.74) is 0. The Labute approximate surface area is 111 Å². The number of amides is 2. The number of carboxylic acid groups (broad SMARTS) is 1. The highest BCUT2D eigenvalue weighted by Gasteiger charge is 2.28. The normalized spacial score (nSPS) is 20.1. The molecule has 2 N–H and O–H groups in total. The van der Waals surface area contributed by atoms with Crippen molar-refractivity contribution in [2.75, 3.05) is 37.7 Å². The molecule has 1 rings (SSSR count). The van der Waals surface area contributed by atoms with Gasteiger partial charge in [-0.1, -0.05) is 6.92 Å². The van der Waals surface area contributed by atoms with Gasteiger partial charge in [-0.3, -0.25) is 0 Å². The Balaban J connectivity index is 2.39. The first-order valence-corrected chi connectivity index (χ1v) is 7.75. The second kappa shape index (κ2) is 6.71. The van der Waals surface area contributed by atoms with Crippen LogP contribution >= 0.6 is 0 Å². The molecule has 0 aromatic rings. The van der Waals surface area contributed by atoms with Crippen molar-refractivity contribution in [3.8, 4) is 0 Å². The lowest BCUT2D eigenvalue weighted by atomic mass is 10.3. The lowest BCUT2D eigenvalue weighted by Gasteiger charge is -2.30. The summed E-state index contributed by atoms with van der Waals surface area (Å²) in [6, 6.07) is -0.471. The molecule has 8 nitrogen and oxygen atoms in total. The summed E-state index contributed by atoms with van der Waals surface area (Å²) in [5, 5.41) is 11.3. The molecule has 1 heterocycles. The van der Waals surface area contributed by atoms with Crippen molar-refractivity contribution in [2.24, 2.45) is 0 Å². The Morgan fingerprint density at radius 1 is 1.47 bits per heavy atom. The van der Waals surface area contributed by atoms with Gasteiger partial charge in [-0.25, -0.2) is 18.0 Å². The first-order valence-electron chi connectivity index (χ1n) is 5.93. The number of hydrogen-bond acceptors (Lipinski definition) is 5. The minimum Gasteiger partial charge on any atom is -0.479 e. The molecule has 1 saturated heterocycles. The first-order chi connectivity index (χ1) is 8.85. The number of carbonyl (C=O) groups is 2. The molecule has 0 aromatic heterocycles. The van der Waals surface area contributed by atoms with Crippen molar-refractivity contribution in [3.05, 3.63) is 0 Å². The van der Waals surface area contributed by atoms with Crippen LogP contribution in [0.3, 0.4) is 0 Å². The van der Waals surface area contributed by atoms with Crippen LogP contribution < -0.4 is 5.32 Å². The number of rotatable bonds is 5. The molecular weight excluding hydrogens is 276 g/mol. The van der Waals surface area contributed by atoms with Crippen LogP contribution in [0.5, 0.6) is 0 Å². The lowest BCUT2D eigenvalue weighted by Crippen LogP contribution is -2.52. The van der Waals surface area contributed by atoms with Gasteiger partial charge in [0.15, 0.2) is 15.9 Å². The molecule has 1 aliphatic heterocycles. The van der Waals surface area contributed by atoms with Crippen LogP contribution in [0.2, 0.25) is 0 Å². The number of nitrogens with one attached hydrogen (secondary N) is 1. The summed E-state index contributed by atoms with van der Waals surface area (Å²) in [6.07, 6.45) is -1.03. The number of urea groups is 1. The van der Waals surface area contributed by atoms with E-state index in [0.29, 0.717) is 0 Å². The largest absolute Gasteiger partial charge is 0.479 e. The number of morpholine rings is 1. The molecular formula is C10H18N2O6S. The van der Waals surface area contributed by atoms with Crippen molar-refractivity contribution >= 4 is 21.8 Å². The van der Waals surface area contributed by atoms with E-state index in [9.17, 15) is 18.0 Å². The second-order valence-electron chi connectivity index (χ2n) is 4.11. The average molecular weight is 294 g/mol. The summed E-state index contributed by atoms with van der Waals surface area (Å²) >= 11 is 0. The van der Waals surface area contributed by atoms with Crippen LogP contribution in [-0.2, 0) is 19.4 Å². The van der Waals surface area contributed by atoms with E-state index < -0.39 is 27.9 Å². The molecule has 0 radical (unpaired) electrons. The molecule has 1 unspecified atom stereocenters. The second-order valence-corrected chi connectivity index (χ2v) is 6.58. The van der Waals surface area contributed by atoms with E-state index in [1.54, 1.807) is 0 Å². The first kappa shape index (κ1) is 15.7. The molecule has 0 bridgehead atoms. The molecule has 9 heteroatoms. The van der Waals surface area contributed by atoms with Crippen molar-refractivity contribution in [1.82, 2.24) is 10.2 Å². The standard InChI is InChI=1S/C10H18N2O6S/c1-2-19(16,17)6-3-11-10(15)12-4-5-18-8(7-12)9(13)14/h8H,2-7H2,1H3,(H,11,15)(H,13,14). The molecule has 0 aromatic carbocycles. The van der Waals surface area contributed by atoms with Gasteiger partial charge in [0, 0.05) is 18.8 Å².